The van der Waals surface area contributed by atoms with Crippen LogP contribution in [-0.2, 0) is 4.79 Å². The molecule has 1 amide bonds. The van der Waals surface area contributed by atoms with Crippen LogP contribution in [-0.4, -0.2) is 28.5 Å². The molecule has 1 aromatic heterocycles. The summed E-state index contributed by atoms with van der Waals surface area (Å²) in [6.45, 7) is 12.7. The Balaban J connectivity index is 3.23. The summed E-state index contributed by atoms with van der Waals surface area (Å²) in [5.41, 5.74) is 6.37. The van der Waals surface area contributed by atoms with E-state index in [1.54, 1.807) is 0 Å². The topological polar surface area (TPSA) is 92.9 Å². The molecule has 21 heavy (non-hydrogen) atoms. The van der Waals surface area contributed by atoms with E-state index in [9.17, 15) is 4.79 Å². The Morgan fingerprint density at radius 2 is 1.76 bits per heavy atom. The Bertz CT molecular complexity index is 499. The zero-order valence-corrected chi connectivity index (χ0v) is 13.8. The normalized spacial score (nSPS) is 12.6. The van der Waals surface area contributed by atoms with Crippen LogP contribution in [0.2, 0.25) is 0 Å². The van der Waals surface area contributed by atoms with E-state index < -0.39 is 6.04 Å². The third-order valence-corrected chi connectivity index (χ3v) is 3.29. The molecule has 0 aromatic carbocycles. The summed E-state index contributed by atoms with van der Waals surface area (Å²) in [6, 6.07) is -0.451. The number of nitrogens with zero attached hydrogens (tertiary/aromatic N) is 2. The van der Waals surface area contributed by atoms with Crippen LogP contribution in [0.4, 0.5) is 11.6 Å². The molecule has 0 aliphatic heterocycles. The number of nitrogens with two attached hydrogens (primary N) is 1. The molecule has 1 heterocycles. The highest BCUT2D eigenvalue weighted by Gasteiger charge is 2.22. The van der Waals surface area contributed by atoms with Crippen molar-refractivity contribution in [3.05, 3.63) is 11.4 Å². The first-order chi connectivity index (χ1) is 9.77. The Labute approximate surface area is 126 Å². The van der Waals surface area contributed by atoms with E-state index >= 15 is 0 Å². The Morgan fingerprint density at radius 1 is 1.19 bits per heavy atom. The summed E-state index contributed by atoms with van der Waals surface area (Å²) < 4.78 is 0. The van der Waals surface area contributed by atoms with Crippen molar-refractivity contribution in [2.45, 2.75) is 53.5 Å². The number of carbonyl (C=O) groups is 1. The van der Waals surface area contributed by atoms with Gasteiger partial charge in [-0.05, 0) is 19.8 Å². The maximum absolute atomic E-state index is 11.6. The van der Waals surface area contributed by atoms with E-state index in [1.165, 1.54) is 0 Å². The van der Waals surface area contributed by atoms with Crippen LogP contribution in [0.25, 0.3) is 0 Å². The van der Waals surface area contributed by atoms with Crippen molar-refractivity contribution in [3.8, 4) is 0 Å². The second kappa shape index (κ2) is 7.24. The number of rotatable bonds is 7. The third-order valence-electron chi connectivity index (χ3n) is 3.29. The number of hydrogen-bond acceptors (Lipinski definition) is 5. The van der Waals surface area contributed by atoms with Crippen LogP contribution in [0.1, 0.15) is 51.9 Å². The monoisotopic (exact) mass is 293 g/mol. The minimum Gasteiger partial charge on any atom is -0.370 e. The van der Waals surface area contributed by atoms with Gasteiger partial charge in [0.15, 0.2) is 0 Å². The lowest BCUT2D eigenvalue weighted by Crippen LogP contribution is -2.40. The SMILES string of the molecule is CCNc1nc(C(C)C)nc(NC(C(N)=O)C(C)C)c1C. The smallest absolute Gasteiger partial charge is 0.240 e. The van der Waals surface area contributed by atoms with Gasteiger partial charge in [0.25, 0.3) is 0 Å². The largest absolute Gasteiger partial charge is 0.370 e. The molecule has 0 saturated carbocycles. The van der Waals surface area contributed by atoms with Gasteiger partial charge in [0.05, 0.1) is 0 Å². The van der Waals surface area contributed by atoms with Gasteiger partial charge in [0, 0.05) is 18.0 Å². The fourth-order valence-electron chi connectivity index (χ4n) is 1.99. The number of anilines is 2. The predicted molar refractivity (Wildman–Crippen MR) is 86.5 cm³/mol. The summed E-state index contributed by atoms with van der Waals surface area (Å²) >= 11 is 0. The molecule has 118 valence electrons. The molecule has 1 unspecified atom stereocenters. The minimum atomic E-state index is -0.451. The lowest BCUT2D eigenvalue weighted by molar-refractivity contribution is -0.119. The van der Waals surface area contributed by atoms with Crippen molar-refractivity contribution in [1.29, 1.82) is 0 Å². The standard InChI is InChI=1S/C15H27N5O/c1-7-17-14-10(6)15(20-13(19-14)9(4)5)18-11(8(2)3)12(16)21/h8-9,11H,7H2,1-6H3,(H2,16,21)(H2,17,18,19,20). The quantitative estimate of drug-likeness (QED) is 0.717. The van der Waals surface area contributed by atoms with Gasteiger partial charge in [-0.1, -0.05) is 27.7 Å². The number of nitrogens with one attached hydrogen (secondary N) is 2. The second-order valence-corrected chi connectivity index (χ2v) is 5.86. The molecule has 0 spiro atoms. The maximum Gasteiger partial charge on any atom is 0.240 e. The molecule has 1 rings (SSSR count). The average Bonchev–Trinajstić information content (AvgIpc) is 2.38. The van der Waals surface area contributed by atoms with Crippen LogP contribution in [0.3, 0.4) is 0 Å². The first-order valence-electron chi connectivity index (χ1n) is 7.46. The molecule has 6 nitrogen and oxygen atoms in total. The van der Waals surface area contributed by atoms with Gasteiger partial charge in [-0.25, -0.2) is 9.97 Å². The molecule has 0 aliphatic carbocycles. The van der Waals surface area contributed by atoms with Crippen LogP contribution in [0, 0.1) is 12.8 Å². The van der Waals surface area contributed by atoms with Gasteiger partial charge in [-0.3, -0.25) is 4.79 Å². The second-order valence-electron chi connectivity index (χ2n) is 5.86. The number of amides is 1. The summed E-state index contributed by atoms with van der Waals surface area (Å²) in [7, 11) is 0. The van der Waals surface area contributed by atoms with Gasteiger partial charge in [0.2, 0.25) is 5.91 Å². The summed E-state index contributed by atoms with van der Waals surface area (Å²) in [4.78, 5) is 20.7. The Kier molecular flexibility index (Phi) is 5.93. The molecule has 0 radical (unpaired) electrons. The zero-order chi connectivity index (χ0) is 16.2. The van der Waals surface area contributed by atoms with Crippen molar-refractivity contribution in [3.63, 3.8) is 0 Å². The third kappa shape index (κ3) is 4.31. The van der Waals surface area contributed by atoms with E-state index in [4.69, 9.17) is 5.73 Å². The number of primary amides is 1. The fraction of sp³-hybridized carbons (Fsp3) is 0.667. The van der Waals surface area contributed by atoms with E-state index in [1.807, 2.05) is 41.5 Å². The van der Waals surface area contributed by atoms with Crippen molar-refractivity contribution in [2.75, 3.05) is 17.2 Å². The predicted octanol–water partition coefficient (Wildman–Crippen LogP) is 2.26. The highest BCUT2D eigenvalue weighted by atomic mass is 16.1. The molecule has 1 atom stereocenters. The maximum atomic E-state index is 11.6. The van der Waals surface area contributed by atoms with Crippen LogP contribution >= 0.6 is 0 Å². The summed E-state index contributed by atoms with van der Waals surface area (Å²) in [5.74, 6) is 2.12. The number of aromatic nitrogens is 2. The highest BCUT2D eigenvalue weighted by molar-refractivity contribution is 5.83. The van der Waals surface area contributed by atoms with Crippen molar-refractivity contribution >= 4 is 17.5 Å². The van der Waals surface area contributed by atoms with Crippen molar-refractivity contribution < 1.29 is 4.79 Å². The first-order valence-corrected chi connectivity index (χ1v) is 7.46. The molecule has 0 saturated heterocycles. The Hall–Kier alpha value is -1.85. The van der Waals surface area contributed by atoms with Gasteiger partial charge in [0.1, 0.15) is 23.5 Å². The summed E-state index contributed by atoms with van der Waals surface area (Å²) in [6.07, 6.45) is 0. The molecule has 6 heteroatoms. The fourth-order valence-corrected chi connectivity index (χ4v) is 1.99. The summed E-state index contributed by atoms with van der Waals surface area (Å²) in [5, 5.41) is 6.41. The van der Waals surface area contributed by atoms with Gasteiger partial charge in [-0.2, -0.15) is 0 Å². The number of hydrogen-bond donors (Lipinski definition) is 3. The van der Waals surface area contributed by atoms with Crippen LogP contribution in [0.15, 0.2) is 0 Å². The van der Waals surface area contributed by atoms with Gasteiger partial charge >= 0.3 is 0 Å². The molecule has 0 bridgehead atoms. The molecule has 1 aromatic rings. The van der Waals surface area contributed by atoms with Gasteiger partial charge in [-0.15, -0.1) is 0 Å². The molecular weight excluding hydrogens is 266 g/mol. The minimum absolute atomic E-state index is 0.0851. The van der Waals surface area contributed by atoms with Crippen molar-refractivity contribution in [2.24, 2.45) is 11.7 Å². The van der Waals surface area contributed by atoms with Crippen molar-refractivity contribution in [1.82, 2.24) is 9.97 Å². The number of carbonyl (C=O) groups excluding carboxylic acids is 1. The molecule has 0 aliphatic rings. The van der Waals surface area contributed by atoms with E-state index in [0.717, 1.165) is 23.8 Å². The van der Waals surface area contributed by atoms with E-state index in [0.29, 0.717) is 5.82 Å². The van der Waals surface area contributed by atoms with E-state index in [2.05, 4.69) is 20.6 Å². The molecule has 0 fully saturated rings. The first kappa shape index (κ1) is 17.2. The highest BCUT2D eigenvalue weighted by Crippen LogP contribution is 2.24. The van der Waals surface area contributed by atoms with Crippen LogP contribution in [0.5, 0.6) is 0 Å². The zero-order valence-electron chi connectivity index (χ0n) is 13.8. The average molecular weight is 293 g/mol. The lowest BCUT2D eigenvalue weighted by Gasteiger charge is -2.22. The van der Waals surface area contributed by atoms with Gasteiger partial charge < -0.3 is 16.4 Å². The van der Waals surface area contributed by atoms with Crippen LogP contribution < -0.4 is 16.4 Å². The molecule has 4 N–H and O–H groups in total. The lowest BCUT2D eigenvalue weighted by atomic mass is 10.0. The Morgan fingerprint density at radius 3 is 2.19 bits per heavy atom. The van der Waals surface area contributed by atoms with E-state index in [-0.39, 0.29) is 17.7 Å². The molecular formula is C15H27N5O.